The number of aromatic nitrogens is 2. The molecule has 1 saturated heterocycles. The van der Waals surface area contributed by atoms with Crippen molar-refractivity contribution in [3.63, 3.8) is 0 Å². The maximum absolute atomic E-state index is 13.0. The van der Waals surface area contributed by atoms with Gasteiger partial charge in [0.25, 0.3) is 0 Å². The van der Waals surface area contributed by atoms with Crippen molar-refractivity contribution in [2.45, 2.75) is 39.2 Å². The monoisotopic (exact) mass is 469 g/mol. The SMILES string of the molecule is COc1cccc(N2CC(c3nc4ccccc4n3CCCOc3cc(C)ccc3C)CC2=O)c1. The molecule has 0 radical (unpaired) electrons. The number of ether oxygens (including phenoxy) is 2. The zero-order chi connectivity index (χ0) is 24.4. The third-order valence-corrected chi connectivity index (χ3v) is 6.67. The average molecular weight is 470 g/mol. The van der Waals surface area contributed by atoms with Crippen LogP contribution in [-0.2, 0) is 11.3 Å². The molecule has 0 N–H and O–H groups in total. The lowest BCUT2D eigenvalue weighted by Crippen LogP contribution is -2.24. The van der Waals surface area contributed by atoms with E-state index in [1.54, 1.807) is 7.11 Å². The Bertz CT molecular complexity index is 1360. The average Bonchev–Trinajstić information content (AvgIpc) is 3.44. The number of methoxy groups -OCH3 is 1. The zero-order valence-corrected chi connectivity index (χ0v) is 20.5. The van der Waals surface area contributed by atoms with Gasteiger partial charge in [-0.3, -0.25) is 4.79 Å². The molecule has 0 bridgehead atoms. The molecule has 1 amide bonds. The van der Waals surface area contributed by atoms with Crippen LogP contribution in [0.3, 0.4) is 0 Å². The third kappa shape index (κ3) is 4.74. The molecule has 3 aromatic carbocycles. The van der Waals surface area contributed by atoms with E-state index in [-0.39, 0.29) is 11.8 Å². The summed E-state index contributed by atoms with van der Waals surface area (Å²) >= 11 is 0. The van der Waals surface area contributed by atoms with Crippen LogP contribution in [0.15, 0.2) is 66.7 Å². The molecule has 1 atom stereocenters. The summed E-state index contributed by atoms with van der Waals surface area (Å²) < 4.78 is 13.7. The first kappa shape index (κ1) is 23.0. The number of fused-ring (bicyclic) bond motifs is 1. The summed E-state index contributed by atoms with van der Waals surface area (Å²) in [6, 6.07) is 22.2. The highest BCUT2D eigenvalue weighted by Gasteiger charge is 2.35. The van der Waals surface area contributed by atoms with Crippen molar-refractivity contribution in [1.29, 1.82) is 0 Å². The molecule has 6 heteroatoms. The summed E-state index contributed by atoms with van der Waals surface area (Å²) in [6.07, 6.45) is 1.29. The van der Waals surface area contributed by atoms with E-state index in [0.717, 1.165) is 52.6 Å². The number of hydrogen-bond donors (Lipinski definition) is 0. The van der Waals surface area contributed by atoms with E-state index in [1.165, 1.54) is 5.56 Å². The quantitative estimate of drug-likeness (QED) is 0.313. The lowest BCUT2D eigenvalue weighted by Gasteiger charge is -2.18. The summed E-state index contributed by atoms with van der Waals surface area (Å²) in [7, 11) is 1.64. The fourth-order valence-electron chi connectivity index (χ4n) is 4.82. The van der Waals surface area contributed by atoms with Gasteiger partial charge >= 0.3 is 0 Å². The molecule has 35 heavy (non-hydrogen) atoms. The fraction of sp³-hybridized carbons (Fsp3) is 0.310. The standard InChI is InChI=1S/C29H31N3O3/c1-20-12-13-21(2)27(16-20)35-15-7-14-31-26-11-5-4-10-25(26)30-29(31)22-17-28(33)32(19-22)23-8-6-9-24(18-23)34-3/h4-6,8-13,16,18,22H,7,14-15,17,19H2,1-3H3. The van der Waals surface area contributed by atoms with Gasteiger partial charge in [0, 0.05) is 37.2 Å². The van der Waals surface area contributed by atoms with Gasteiger partial charge < -0.3 is 18.9 Å². The number of amides is 1. The van der Waals surface area contributed by atoms with Crippen LogP contribution in [0.4, 0.5) is 5.69 Å². The third-order valence-electron chi connectivity index (χ3n) is 6.67. The Morgan fingerprint density at radius 1 is 1.03 bits per heavy atom. The highest BCUT2D eigenvalue weighted by molar-refractivity contribution is 5.96. The molecule has 6 nitrogen and oxygen atoms in total. The molecule has 180 valence electrons. The predicted octanol–water partition coefficient (Wildman–Crippen LogP) is 5.65. The van der Waals surface area contributed by atoms with Gasteiger partial charge in [-0.05, 0) is 61.7 Å². The van der Waals surface area contributed by atoms with Crippen LogP contribution in [0.5, 0.6) is 11.5 Å². The van der Waals surface area contributed by atoms with E-state index < -0.39 is 0 Å². The number of hydrogen-bond acceptors (Lipinski definition) is 4. The molecule has 2 heterocycles. The van der Waals surface area contributed by atoms with E-state index in [1.807, 2.05) is 47.4 Å². The second-order valence-electron chi connectivity index (χ2n) is 9.19. The zero-order valence-electron chi connectivity index (χ0n) is 20.5. The Kier molecular flexibility index (Phi) is 6.45. The molecule has 1 fully saturated rings. The number of aryl methyl sites for hydroxylation is 3. The molecule has 1 aliphatic heterocycles. The van der Waals surface area contributed by atoms with Crippen molar-refractivity contribution < 1.29 is 14.3 Å². The molecule has 0 saturated carbocycles. The Morgan fingerprint density at radius 3 is 2.74 bits per heavy atom. The van der Waals surface area contributed by atoms with Crippen molar-refractivity contribution in [3.8, 4) is 11.5 Å². The van der Waals surface area contributed by atoms with E-state index in [2.05, 4.69) is 42.7 Å². The topological polar surface area (TPSA) is 56.6 Å². The van der Waals surface area contributed by atoms with Gasteiger partial charge in [0.2, 0.25) is 5.91 Å². The molecule has 4 aromatic rings. The summed E-state index contributed by atoms with van der Waals surface area (Å²) in [4.78, 5) is 19.8. The molecule has 0 spiro atoms. The van der Waals surface area contributed by atoms with Gasteiger partial charge in [0.05, 0.1) is 24.8 Å². The van der Waals surface area contributed by atoms with Gasteiger partial charge in [-0.25, -0.2) is 4.98 Å². The van der Waals surface area contributed by atoms with Crippen LogP contribution >= 0.6 is 0 Å². The van der Waals surface area contributed by atoms with Crippen LogP contribution in [0.25, 0.3) is 11.0 Å². The van der Waals surface area contributed by atoms with Crippen LogP contribution in [-0.4, -0.2) is 35.7 Å². The summed E-state index contributed by atoms with van der Waals surface area (Å²) in [5.74, 6) is 2.80. The van der Waals surface area contributed by atoms with Gasteiger partial charge in [-0.2, -0.15) is 0 Å². The number of para-hydroxylation sites is 2. The molecule has 1 unspecified atom stereocenters. The van der Waals surface area contributed by atoms with E-state index >= 15 is 0 Å². The normalized spacial score (nSPS) is 15.7. The maximum Gasteiger partial charge on any atom is 0.227 e. The van der Waals surface area contributed by atoms with E-state index in [4.69, 9.17) is 14.5 Å². The van der Waals surface area contributed by atoms with Gasteiger partial charge in [0.1, 0.15) is 17.3 Å². The Hall–Kier alpha value is -3.80. The number of benzene rings is 3. The largest absolute Gasteiger partial charge is 0.497 e. The number of rotatable bonds is 8. The molecule has 1 aromatic heterocycles. The number of carbonyl (C=O) groups excluding carboxylic acids is 1. The first-order valence-electron chi connectivity index (χ1n) is 12.1. The number of imidazole rings is 1. The lowest BCUT2D eigenvalue weighted by atomic mass is 10.1. The first-order valence-corrected chi connectivity index (χ1v) is 12.1. The van der Waals surface area contributed by atoms with Crippen molar-refractivity contribution in [2.24, 2.45) is 0 Å². The Morgan fingerprint density at radius 2 is 1.89 bits per heavy atom. The van der Waals surface area contributed by atoms with Gasteiger partial charge in [-0.1, -0.05) is 30.3 Å². The highest BCUT2D eigenvalue weighted by atomic mass is 16.5. The minimum atomic E-state index is 0.0287. The van der Waals surface area contributed by atoms with Crippen LogP contribution in [0.2, 0.25) is 0 Å². The number of carbonyl (C=O) groups is 1. The fourth-order valence-corrected chi connectivity index (χ4v) is 4.82. The second-order valence-corrected chi connectivity index (χ2v) is 9.19. The highest BCUT2D eigenvalue weighted by Crippen LogP contribution is 2.34. The number of anilines is 1. The van der Waals surface area contributed by atoms with Crippen molar-refractivity contribution in [1.82, 2.24) is 9.55 Å². The van der Waals surface area contributed by atoms with Crippen molar-refractivity contribution in [2.75, 3.05) is 25.2 Å². The molecular weight excluding hydrogens is 438 g/mol. The smallest absolute Gasteiger partial charge is 0.227 e. The first-order chi connectivity index (χ1) is 17.0. The Labute approximate surface area is 206 Å². The Balaban J connectivity index is 1.35. The van der Waals surface area contributed by atoms with Gasteiger partial charge in [-0.15, -0.1) is 0 Å². The lowest BCUT2D eigenvalue weighted by molar-refractivity contribution is -0.117. The minimum Gasteiger partial charge on any atom is -0.497 e. The maximum atomic E-state index is 13.0. The van der Waals surface area contributed by atoms with Crippen LogP contribution < -0.4 is 14.4 Å². The number of nitrogens with zero attached hydrogens (tertiary/aromatic N) is 3. The minimum absolute atomic E-state index is 0.0287. The van der Waals surface area contributed by atoms with Crippen molar-refractivity contribution in [3.05, 3.63) is 83.7 Å². The molecular formula is C29H31N3O3. The van der Waals surface area contributed by atoms with Crippen LogP contribution in [0.1, 0.15) is 35.7 Å². The van der Waals surface area contributed by atoms with Crippen molar-refractivity contribution >= 4 is 22.6 Å². The van der Waals surface area contributed by atoms with E-state index in [0.29, 0.717) is 19.6 Å². The second kappa shape index (κ2) is 9.82. The molecule has 5 rings (SSSR count). The predicted molar refractivity (Wildman–Crippen MR) is 138 cm³/mol. The van der Waals surface area contributed by atoms with Gasteiger partial charge in [0.15, 0.2) is 0 Å². The summed E-state index contributed by atoms with van der Waals surface area (Å²) in [5, 5.41) is 0. The summed E-state index contributed by atoms with van der Waals surface area (Å²) in [5.41, 5.74) is 5.26. The van der Waals surface area contributed by atoms with E-state index in [9.17, 15) is 4.79 Å². The molecule has 0 aliphatic carbocycles. The van der Waals surface area contributed by atoms with Crippen LogP contribution in [0, 0.1) is 13.8 Å². The summed E-state index contributed by atoms with van der Waals surface area (Å²) in [6.45, 7) is 6.16. The molecule has 1 aliphatic rings.